The summed E-state index contributed by atoms with van der Waals surface area (Å²) in [6.07, 6.45) is 5.89. The van der Waals surface area contributed by atoms with Crippen LogP contribution in [0, 0.1) is 0 Å². The highest BCUT2D eigenvalue weighted by molar-refractivity contribution is 7.95. The van der Waals surface area contributed by atoms with Crippen LogP contribution < -0.4 is 20.7 Å². The Bertz CT molecular complexity index is 979. The van der Waals surface area contributed by atoms with Gasteiger partial charge in [0.05, 0.1) is 12.8 Å². The van der Waals surface area contributed by atoms with E-state index in [1.807, 2.05) is 0 Å². The van der Waals surface area contributed by atoms with Crippen molar-refractivity contribution in [2.24, 2.45) is 0 Å². The van der Waals surface area contributed by atoms with Gasteiger partial charge >= 0.3 is 0 Å². The minimum absolute atomic E-state index is 0.800. The molecule has 0 aliphatic rings. The van der Waals surface area contributed by atoms with Crippen molar-refractivity contribution in [3.05, 3.63) is 121 Å². The Labute approximate surface area is 199 Å². The number of ether oxygens (including phenoxy) is 1. The number of hydrogen-bond donors (Lipinski definition) is 0. The van der Waals surface area contributed by atoms with E-state index < -0.39 is 7.26 Å². The lowest BCUT2D eigenvalue weighted by molar-refractivity contribution is 0.305. The molecule has 0 aromatic heterocycles. The lowest BCUT2D eigenvalue weighted by Crippen LogP contribution is -2.32. The molecule has 0 saturated heterocycles. The van der Waals surface area contributed by atoms with E-state index in [0.717, 1.165) is 24.9 Å². The Morgan fingerprint density at radius 1 is 0.545 bits per heavy atom. The van der Waals surface area contributed by atoms with E-state index in [1.54, 1.807) is 0 Å². The Balaban J connectivity index is 1.68. The molecule has 33 heavy (non-hydrogen) atoms. The molecule has 0 unspecified atom stereocenters. The first-order valence-electron chi connectivity index (χ1n) is 12.1. The average molecular weight is 454 g/mol. The third-order valence-electron chi connectivity index (χ3n) is 6.20. The van der Waals surface area contributed by atoms with Crippen molar-refractivity contribution in [3.63, 3.8) is 0 Å². The molecular formula is C31H34OP+. The van der Waals surface area contributed by atoms with Crippen LogP contribution in [0.15, 0.2) is 115 Å². The van der Waals surface area contributed by atoms with Gasteiger partial charge in [0.15, 0.2) is 0 Å². The van der Waals surface area contributed by atoms with Gasteiger partial charge in [-0.2, -0.15) is 0 Å². The number of rotatable bonds is 11. The zero-order chi connectivity index (χ0) is 22.8. The van der Waals surface area contributed by atoms with Crippen LogP contribution in [0.3, 0.4) is 0 Å². The van der Waals surface area contributed by atoms with Crippen LogP contribution in [0.4, 0.5) is 0 Å². The molecular weight excluding hydrogens is 419 g/mol. The summed E-state index contributed by atoms with van der Waals surface area (Å²) < 4.78 is 6.00. The lowest BCUT2D eigenvalue weighted by atomic mass is 10.2. The molecule has 0 saturated carbocycles. The lowest BCUT2D eigenvalue weighted by Gasteiger charge is -2.28. The second-order valence-corrected chi connectivity index (χ2v) is 12.0. The second kappa shape index (κ2) is 11.8. The molecule has 0 N–H and O–H groups in total. The number of benzene rings is 4. The molecule has 0 radical (unpaired) electrons. The summed E-state index contributed by atoms with van der Waals surface area (Å²) in [5.41, 5.74) is 1.35. The largest absolute Gasteiger partial charge is 0.494 e. The fraction of sp³-hybridized carbons (Fsp3) is 0.226. The Morgan fingerprint density at radius 3 is 1.48 bits per heavy atom. The highest BCUT2D eigenvalue weighted by Gasteiger charge is 2.45. The fourth-order valence-electron chi connectivity index (χ4n) is 4.45. The quantitative estimate of drug-likeness (QED) is 0.173. The van der Waals surface area contributed by atoms with Crippen molar-refractivity contribution in [1.29, 1.82) is 0 Å². The smallest absolute Gasteiger partial charge is 0.119 e. The van der Waals surface area contributed by atoms with Gasteiger partial charge in [0.2, 0.25) is 0 Å². The monoisotopic (exact) mass is 453 g/mol. The first-order valence-corrected chi connectivity index (χ1v) is 14.1. The predicted molar refractivity (Wildman–Crippen MR) is 145 cm³/mol. The van der Waals surface area contributed by atoms with Crippen LogP contribution >= 0.6 is 7.26 Å². The summed E-state index contributed by atoms with van der Waals surface area (Å²) in [4.78, 5) is 0. The van der Waals surface area contributed by atoms with Crippen molar-refractivity contribution in [3.8, 4) is 5.75 Å². The molecule has 0 heterocycles. The van der Waals surface area contributed by atoms with Crippen LogP contribution in [0.25, 0.3) is 0 Å². The van der Waals surface area contributed by atoms with Gasteiger partial charge in [0.25, 0.3) is 0 Å². The molecule has 0 amide bonds. The fourth-order valence-corrected chi connectivity index (χ4v) is 8.70. The van der Waals surface area contributed by atoms with Crippen LogP contribution in [-0.2, 0) is 6.16 Å². The summed E-state index contributed by atoms with van der Waals surface area (Å²) in [5.74, 6) is 0.971. The van der Waals surface area contributed by atoms with Crippen molar-refractivity contribution < 1.29 is 4.74 Å². The first kappa shape index (κ1) is 23.3. The molecule has 2 heteroatoms. The molecule has 0 fully saturated rings. The van der Waals surface area contributed by atoms with Crippen LogP contribution in [-0.4, -0.2) is 6.61 Å². The molecule has 0 atom stereocenters. The van der Waals surface area contributed by atoms with Gasteiger partial charge in [-0.3, -0.25) is 0 Å². The summed E-state index contributed by atoms with van der Waals surface area (Å²) in [7, 11) is -1.86. The zero-order valence-corrected chi connectivity index (χ0v) is 20.5. The van der Waals surface area contributed by atoms with Gasteiger partial charge in [-0.15, -0.1) is 0 Å². The standard InChI is InChI=1S/C31H34OP/c1-2-3-4-14-25-32-28-23-21-27(22-24-28)26-33(29-15-8-5-9-16-29,30-17-10-6-11-18-30)31-19-12-7-13-20-31/h5-13,15-24H,2-4,14,25-26H2,1H3/q+1. The van der Waals surface area contributed by atoms with E-state index in [-0.39, 0.29) is 0 Å². The number of hydrogen-bond acceptors (Lipinski definition) is 1. The normalized spacial score (nSPS) is 11.3. The van der Waals surface area contributed by atoms with Crippen LogP contribution in [0.5, 0.6) is 5.75 Å². The maximum absolute atomic E-state index is 6.00. The van der Waals surface area contributed by atoms with Crippen LogP contribution in [0.2, 0.25) is 0 Å². The van der Waals surface area contributed by atoms with Gasteiger partial charge < -0.3 is 4.74 Å². The third kappa shape index (κ3) is 5.73. The predicted octanol–water partition coefficient (Wildman–Crippen LogP) is 7.14. The molecule has 0 bridgehead atoms. The zero-order valence-electron chi connectivity index (χ0n) is 19.6. The van der Waals surface area contributed by atoms with Crippen LogP contribution in [0.1, 0.15) is 38.2 Å². The molecule has 0 aliphatic carbocycles. The van der Waals surface area contributed by atoms with E-state index in [2.05, 4.69) is 122 Å². The molecule has 0 aliphatic heterocycles. The van der Waals surface area contributed by atoms with Gasteiger partial charge in [-0.05, 0) is 60.5 Å². The first-order chi connectivity index (χ1) is 16.3. The summed E-state index contributed by atoms with van der Waals surface area (Å²) >= 11 is 0. The summed E-state index contributed by atoms with van der Waals surface area (Å²) in [5, 5.41) is 4.25. The van der Waals surface area contributed by atoms with E-state index in [9.17, 15) is 0 Å². The summed E-state index contributed by atoms with van der Waals surface area (Å²) in [6.45, 7) is 3.04. The van der Waals surface area contributed by atoms with Gasteiger partial charge in [0, 0.05) is 0 Å². The van der Waals surface area contributed by atoms with Crippen molar-refractivity contribution >= 4 is 23.2 Å². The minimum atomic E-state index is -1.86. The maximum Gasteiger partial charge on any atom is 0.119 e. The molecule has 0 spiro atoms. The Hall–Kier alpha value is -2.89. The van der Waals surface area contributed by atoms with E-state index in [4.69, 9.17) is 4.74 Å². The highest BCUT2D eigenvalue weighted by atomic mass is 31.2. The maximum atomic E-state index is 6.00. The second-order valence-electron chi connectivity index (χ2n) is 8.53. The molecule has 4 rings (SSSR count). The van der Waals surface area contributed by atoms with E-state index in [0.29, 0.717) is 0 Å². The number of unbranched alkanes of at least 4 members (excludes halogenated alkanes) is 3. The van der Waals surface area contributed by atoms with Gasteiger partial charge in [-0.1, -0.05) is 92.9 Å². The van der Waals surface area contributed by atoms with Crippen molar-refractivity contribution in [1.82, 2.24) is 0 Å². The Morgan fingerprint density at radius 2 is 1.03 bits per heavy atom. The third-order valence-corrected chi connectivity index (χ3v) is 10.6. The topological polar surface area (TPSA) is 9.23 Å². The highest BCUT2D eigenvalue weighted by Crippen LogP contribution is 2.58. The molecule has 4 aromatic carbocycles. The van der Waals surface area contributed by atoms with Gasteiger partial charge in [0.1, 0.15) is 28.9 Å². The Kier molecular flexibility index (Phi) is 8.34. The van der Waals surface area contributed by atoms with E-state index >= 15 is 0 Å². The molecule has 4 aromatic rings. The SMILES string of the molecule is CCCCCCOc1ccc(C[P+](c2ccccc2)(c2ccccc2)c2ccccc2)cc1. The average Bonchev–Trinajstić information content (AvgIpc) is 2.89. The van der Waals surface area contributed by atoms with E-state index in [1.165, 1.54) is 40.7 Å². The van der Waals surface area contributed by atoms with Gasteiger partial charge in [-0.25, -0.2) is 0 Å². The molecule has 1 nitrogen and oxygen atoms in total. The minimum Gasteiger partial charge on any atom is -0.494 e. The summed E-state index contributed by atoms with van der Waals surface area (Å²) in [6, 6.07) is 42.0. The molecule has 168 valence electrons. The van der Waals surface area contributed by atoms with Crippen molar-refractivity contribution in [2.45, 2.75) is 38.8 Å². The van der Waals surface area contributed by atoms with Crippen molar-refractivity contribution in [2.75, 3.05) is 6.61 Å².